The lowest BCUT2D eigenvalue weighted by molar-refractivity contribution is 0.0797. The van der Waals surface area contributed by atoms with E-state index >= 15 is 0 Å². The normalized spacial score (nSPS) is 23.8. The molecular formula is C13H26N4. The van der Waals surface area contributed by atoms with Gasteiger partial charge in [-0.15, -0.1) is 0 Å². The number of likely N-dealkylation sites (N-methyl/N-ethyl adjacent to an activating group) is 1. The van der Waals surface area contributed by atoms with Gasteiger partial charge in [-0.05, 0) is 19.9 Å². The minimum absolute atomic E-state index is 0.725. The van der Waals surface area contributed by atoms with E-state index in [1.807, 2.05) is 18.7 Å². The van der Waals surface area contributed by atoms with Crippen molar-refractivity contribution in [2.75, 3.05) is 46.3 Å². The molecule has 2 fully saturated rings. The first kappa shape index (κ1) is 14.3. The monoisotopic (exact) mass is 238 g/mol. The Morgan fingerprint density at radius 1 is 0.941 bits per heavy atom. The van der Waals surface area contributed by atoms with Gasteiger partial charge in [0, 0.05) is 45.3 Å². The third-order valence-electron chi connectivity index (χ3n) is 3.66. The molecule has 0 radical (unpaired) electrons. The lowest BCUT2D eigenvalue weighted by Crippen LogP contribution is -2.51. The largest absolute Gasteiger partial charge is 0.311 e. The van der Waals surface area contributed by atoms with Crippen molar-refractivity contribution in [2.45, 2.75) is 32.7 Å². The van der Waals surface area contributed by atoms with Gasteiger partial charge >= 0.3 is 0 Å². The van der Waals surface area contributed by atoms with E-state index in [0.29, 0.717) is 0 Å². The third kappa shape index (κ3) is 4.18. The van der Waals surface area contributed by atoms with Crippen molar-refractivity contribution in [3.05, 3.63) is 0 Å². The summed E-state index contributed by atoms with van der Waals surface area (Å²) < 4.78 is 0. The molecule has 0 bridgehead atoms. The van der Waals surface area contributed by atoms with Crippen LogP contribution in [0, 0.1) is 11.5 Å². The van der Waals surface area contributed by atoms with Crippen molar-refractivity contribution < 1.29 is 0 Å². The molecule has 0 atom stereocenters. The number of likely N-dealkylation sites (tertiary alicyclic amines) is 1. The van der Waals surface area contributed by atoms with E-state index in [9.17, 15) is 0 Å². The van der Waals surface area contributed by atoms with Crippen LogP contribution in [0.1, 0.15) is 26.7 Å². The first-order valence-corrected chi connectivity index (χ1v) is 6.87. The van der Waals surface area contributed by atoms with Crippen LogP contribution in [0.3, 0.4) is 0 Å². The summed E-state index contributed by atoms with van der Waals surface area (Å²) in [6.45, 7) is 10.7. The maximum Gasteiger partial charge on any atom is 0.179 e. The quantitative estimate of drug-likeness (QED) is 0.643. The smallest absolute Gasteiger partial charge is 0.179 e. The van der Waals surface area contributed by atoms with Gasteiger partial charge in [0.2, 0.25) is 0 Å². The standard InChI is InChI=1S/C11H20N4.C2H6/c1-13-6-8-15(9-7-13)11-2-4-14(10-12)5-3-11;1-2/h11H,2-9H2,1H3;1-2H3. The Morgan fingerprint density at radius 2 is 1.47 bits per heavy atom. The second-order valence-corrected chi connectivity index (χ2v) is 4.66. The van der Waals surface area contributed by atoms with Crippen LogP contribution >= 0.6 is 0 Å². The summed E-state index contributed by atoms with van der Waals surface area (Å²) in [5.41, 5.74) is 0. The number of nitriles is 1. The predicted molar refractivity (Wildman–Crippen MR) is 70.6 cm³/mol. The molecule has 0 N–H and O–H groups in total. The van der Waals surface area contributed by atoms with E-state index in [1.54, 1.807) is 0 Å². The van der Waals surface area contributed by atoms with Gasteiger partial charge in [-0.3, -0.25) is 4.90 Å². The van der Waals surface area contributed by atoms with Crippen molar-refractivity contribution in [3.8, 4) is 6.19 Å². The molecule has 0 aliphatic carbocycles. The van der Waals surface area contributed by atoms with Gasteiger partial charge in [-0.1, -0.05) is 13.8 Å². The van der Waals surface area contributed by atoms with Crippen molar-refractivity contribution in [2.24, 2.45) is 0 Å². The molecule has 2 aliphatic heterocycles. The van der Waals surface area contributed by atoms with Crippen molar-refractivity contribution in [3.63, 3.8) is 0 Å². The topological polar surface area (TPSA) is 33.5 Å². The van der Waals surface area contributed by atoms with Crippen molar-refractivity contribution >= 4 is 0 Å². The first-order valence-electron chi connectivity index (χ1n) is 6.87. The second kappa shape index (κ2) is 7.52. The van der Waals surface area contributed by atoms with Crippen LogP contribution in [-0.2, 0) is 0 Å². The lowest BCUT2D eigenvalue weighted by atomic mass is 10.0. The SMILES string of the molecule is CC.CN1CCN(C2CCN(C#N)CC2)CC1. The fourth-order valence-electron chi connectivity index (χ4n) is 2.52. The van der Waals surface area contributed by atoms with E-state index in [2.05, 4.69) is 23.0 Å². The van der Waals surface area contributed by atoms with Crippen LogP contribution in [0.5, 0.6) is 0 Å². The number of piperazine rings is 1. The van der Waals surface area contributed by atoms with E-state index < -0.39 is 0 Å². The molecule has 4 nitrogen and oxygen atoms in total. The molecule has 2 heterocycles. The van der Waals surface area contributed by atoms with Gasteiger partial charge in [0.05, 0.1) is 0 Å². The molecular weight excluding hydrogens is 212 g/mol. The fourth-order valence-corrected chi connectivity index (χ4v) is 2.52. The summed E-state index contributed by atoms with van der Waals surface area (Å²) in [6.07, 6.45) is 4.57. The number of rotatable bonds is 1. The molecule has 0 aromatic rings. The van der Waals surface area contributed by atoms with E-state index in [-0.39, 0.29) is 0 Å². The predicted octanol–water partition coefficient (Wildman–Crippen LogP) is 1.21. The molecule has 2 rings (SSSR count). The van der Waals surface area contributed by atoms with Crippen LogP contribution < -0.4 is 0 Å². The average Bonchev–Trinajstić information content (AvgIpc) is 2.42. The molecule has 0 spiro atoms. The minimum atomic E-state index is 0.725. The third-order valence-corrected chi connectivity index (χ3v) is 3.66. The zero-order valence-corrected chi connectivity index (χ0v) is 11.5. The highest BCUT2D eigenvalue weighted by molar-refractivity contribution is 4.86. The van der Waals surface area contributed by atoms with E-state index in [1.165, 1.54) is 26.2 Å². The number of piperidine rings is 1. The van der Waals surface area contributed by atoms with Crippen LogP contribution in [0.25, 0.3) is 0 Å². The van der Waals surface area contributed by atoms with E-state index in [0.717, 1.165) is 32.0 Å². The highest BCUT2D eigenvalue weighted by Gasteiger charge is 2.25. The van der Waals surface area contributed by atoms with Crippen molar-refractivity contribution in [1.29, 1.82) is 5.26 Å². The second-order valence-electron chi connectivity index (χ2n) is 4.66. The molecule has 0 unspecified atom stereocenters. The van der Waals surface area contributed by atoms with E-state index in [4.69, 9.17) is 5.26 Å². The summed E-state index contributed by atoms with van der Waals surface area (Å²) in [4.78, 5) is 6.88. The Bertz CT molecular complexity index is 232. The van der Waals surface area contributed by atoms with Crippen LogP contribution in [0.15, 0.2) is 0 Å². The molecule has 98 valence electrons. The van der Waals surface area contributed by atoms with Gasteiger partial charge in [0.15, 0.2) is 6.19 Å². The van der Waals surface area contributed by atoms with Crippen molar-refractivity contribution in [1.82, 2.24) is 14.7 Å². The van der Waals surface area contributed by atoms with Gasteiger partial charge in [0.1, 0.15) is 0 Å². The zero-order chi connectivity index (χ0) is 12.7. The molecule has 2 aliphatic rings. The Hall–Kier alpha value is -0.790. The Morgan fingerprint density at radius 3 is 1.94 bits per heavy atom. The summed E-state index contributed by atoms with van der Waals surface area (Å²) >= 11 is 0. The summed E-state index contributed by atoms with van der Waals surface area (Å²) in [5.74, 6) is 0. The first-order chi connectivity index (χ1) is 8.29. The molecule has 0 saturated carbocycles. The summed E-state index contributed by atoms with van der Waals surface area (Å²) in [5, 5.41) is 8.78. The summed E-state index contributed by atoms with van der Waals surface area (Å²) in [7, 11) is 2.19. The molecule has 17 heavy (non-hydrogen) atoms. The number of hydrogen-bond acceptors (Lipinski definition) is 4. The number of hydrogen-bond donors (Lipinski definition) is 0. The molecule has 4 heteroatoms. The summed E-state index contributed by atoms with van der Waals surface area (Å²) in [6, 6.07) is 0.725. The maximum atomic E-state index is 8.78. The molecule has 0 aromatic heterocycles. The Balaban J connectivity index is 0.000000686. The molecule has 2 saturated heterocycles. The molecule has 0 amide bonds. The van der Waals surface area contributed by atoms with Gasteiger partial charge in [-0.25, -0.2) is 0 Å². The highest BCUT2D eigenvalue weighted by Crippen LogP contribution is 2.17. The fraction of sp³-hybridized carbons (Fsp3) is 0.923. The highest BCUT2D eigenvalue weighted by atomic mass is 15.3. The maximum absolute atomic E-state index is 8.78. The van der Waals surface area contributed by atoms with Gasteiger partial charge < -0.3 is 9.80 Å². The lowest BCUT2D eigenvalue weighted by Gasteiger charge is -2.41. The van der Waals surface area contributed by atoms with Gasteiger partial charge in [0.25, 0.3) is 0 Å². The molecule has 0 aromatic carbocycles. The van der Waals surface area contributed by atoms with Crippen LogP contribution in [-0.4, -0.2) is 67.1 Å². The minimum Gasteiger partial charge on any atom is -0.311 e. The Labute approximate surface area is 106 Å². The average molecular weight is 238 g/mol. The van der Waals surface area contributed by atoms with Gasteiger partial charge in [-0.2, -0.15) is 5.26 Å². The van der Waals surface area contributed by atoms with Crippen LogP contribution in [0.2, 0.25) is 0 Å². The number of nitrogens with zero attached hydrogens (tertiary/aromatic N) is 4. The zero-order valence-electron chi connectivity index (χ0n) is 11.5. The Kier molecular flexibility index (Phi) is 6.31. The van der Waals surface area contributed by atoms with Crippen LogP contribution in [0.4, 0.5) is 0 Å².